The first kappa shape index (κ1) is 19.0. The Morgan fingerprint density at radius 1 is 0.929 bits per heavy atom. The van der Waals surface area contributed by atoms with Gasteiger partial charge >= 0.3 is 0 Å². The fourth-order valence-electron chi connectivity index (χ4n) is 3.97. The molecule has 0 aromatic heterocycles. The van der Waals surface area contributed by atoms with Crippen LogP contribution < -0.4 is 0 Å². The van der Waals surface area contributed by atoms with Crippen molar-refractivity contribution in [2.75, 3.05) is 26.3 Å². The summed E-state index contributed by atoms with van der Waals surface area (Å²) < 4.78 is 38.1. The summed E-state index contributed by atoms with van der Waals surface area (Å²) in [6.07, 6.45) is 1.72. The average molecular weight is 387 g/mol. The molecule has 0 saturated carbocycles. The van der Waals surface area contributed by atoms with Crippen LogP contribution in [-0.2, 0) is 20.7 Å². The van der Waals surface area contributed by atoms with E-state index < -0.39 is 11.7 Å². The molecule has 2 heterocycles. The molecule has 2 aromatic rings. The van der Waals surface area contributed by atoms with E-state index in [0.29, 0.717) is 45.6 Å². The molecular formula is C22H23F2NO3. The molecule has 0 bridgehead atoms. The van der Waals surface area contributed by atoms with Gasteiger partial charge in [0.2, 0.25) is 5.91 Å². The zero-order chi connectivity index (χ0) is 19.6. The number of likely N-dealkylation sites (tertiary alicyclic amines) is 1. The van der Waals surface area contributed by atoms with Gasteiger partial charge in [-0.3, -0.25) is 4.79 Å². The van der Waals surface area contributed by atoms with Crippen LogP contribution in [0.5, 0.6) is 0 Å². The second-order valence-electron chi connectivity index (χ2n) is 7.37. The van der Waals surface area contributed by atoms with Crippen LogP contribution in [0.3, 0.4) is 0 Å². The number of piperidine rings is 1. The molecule has 2 fully saturated rings. The molecule has 2 aliphatic heterocycles. The minimum Gasteiger partial charge on any atom is -0.347 e. The van der Waals surface area contributed by atoms with Crippen LogP contribution in [-0.4, -0.2) is 42.9 Å². The summed E-state index contributed by atoms with van der Waals surface area (Å²) in [5, 5.41) is 0. The van der Waals surface area contributed by atoms with E-state index in [9.17, 15) is 13.6 Å². The first-order valence-electron chi connectivity index (χ1n) is 9.61. The van der Waals surface area contributed by atoms with E-state index in [4.69, 9.17) is 9.47 Å². The Labute approximate surface area is 163 Å². The van der Waals surface area contributed by atoms with Gasteiger partial charge in [-0.25, -0.2) is 8.78 Å². The lowest BCUT2D eigenvalue weighted by Crippen LogP contribution is -2.48. The molecule has 4 nitrogen and oxygen atoms in total. The second kappa shape index (κ2) is 7.97. The summed E-state index contributed by atoms with van der Waals surface area (Å²) in [6.45, 7) is 2.30. The van der Waals surface area contributed by atoms with Gasteiger partial charge in [0.25, 0.3) is 0 Å². The van der Waals surface area contributed by atoms with Gasteiger partial charge in [0.1, 0.15) is 11.6 Å². The van der Waals surface area contributed by atoms with Gasteiger partial charge in [-0.2, -0.15) is 0 Å². The molecule has 0 N–H and O–H groups in total. The number of ether oxygens (including phenoxy) is 2. The van der Waals surface area contributed by atoms with E-state index in [0.717, 1.165) is 11.1 Å². The first-order chi connectivity index (χ1) is 13.5. The maximum atomic E-state index is 13.4. The standard InChI is InChI=1S/C22H23F2NO3/c23-18-5-1-16(2-6-18)15-20(17-3-7-19(24)8-4-17)21(26)25-11-9-22(10-12-25)27-13-14-28-22/h1-8,20H,9-15H2. The fourth-order valence-corrected chi connectivity index (χ4v) is 3.97. The molecule has 1 atom stereocenters. The second-order valence-corrected chi connectivity index (χ2v) is 7.37. The number of carbonyl (C=O) groups is 1. The quantitative estimate of drug-likeness (QED) is 0.804. The van der Waals surface area contributed by atoms with Crippen LogP contribution in [0.1, 0.15) is 29.9 Å². The summed E-state index contributed by atoms with van der Waals surface area (Å²) in [5.74, 6) is -1.66. The van der Waals surface area contributed by atoms with Crippen molar-refractivity contribution in [2.24, 2.45) is 0 Å². The molecule has 2 aromatic carbocycles. The van der Waals surface area contributed by atoms with Crippen molar-refractivity contribution in [3.63, 3.8) is 0 Å². The lowest BCUT2D eigenvalue weighted by molar-refractivity contribution is -0.187. The highest BCUT2D eigenvalue weighted by atomic mass is 19.1. The Morgan fingerprint density at radius 2 is 1.46 bits per heavy atom. The van der Waals surface area contributed by atoms with E-state index in [1.165, 1.54) is 24.3 Å². The van der Waals surface area contributed by atoms with Gasteiger partial charge in [-0.15, -0.1) is 0 Å². The summed E-state index contributed by atoms with van der Waals surface area (Å²) >= 11 is 0. The topological polar surface area (TPSA) is 38.8 Å². The van der Waals surface area contributed by atoms with E-state index in [2.05, 4.69) is 0 Å². The summed E-state index contributed by atoms with van der Waals surface area (Å²) in [5.41, 5.74) is 1.62. The Balaban J connectivity index is 1.53. The Morgan fingerprint density at radius 3 is 2.04 bits per heavy atom. The predicted molar refractivity (Wildman–Crippen MR) is 99.7 cm³/mol. The van der Waals surface area contributed by atoms with Crippen molar-refractivity contribution in [1.82, 2.24) is 4.90 Å². The molecule has 4 rings (SSSR count). The Kier molecular flexibility index (Phi) is 5.42. The van der Waals surface area contributed by atoms with E-state index >= 15 is 0 Å². The number of halogens is 2. The molecule has 2 aliphatic rings. The van der Waals surface area contributed by atoms with Gasteiger partial charge in [0.15, 0.2) is 5.79 Å². The maximum absolute atomic E-state index is 13.4. The maximum Gasteiger partial charge on any atom is 0.230 e. The molecule has 0 radical (unpaired) electrons. The molecule has 1 spiro atoms. The van der Waals surface area contributed by atoms with Crippen molar-refractivity contribution in [3.8, 4) is 0 Å². The monoisotopic (exact) mass is 387 g/mol. The molecule has 6 heteroatoms. The molecule has 1 amide bonds. The van der Waals surface area contributed by atoms with Gasteiger partial charge in [0.05, 0.1) is 19.1 Å². The third-order valence-electron chi connectivity index (χ3n) is 5.57. The number of benzene rings is 2. The van der Waals surface area contributed by atoms with E-state index in [1.807, 2.05) is 4.90 Å². The minimum atomic E-state index is -0.543. The number of carbonyl (C=O) groups excluding carboxylic acids is 1. The molecule has 2 saturated heterocycles. The van der Waals surface area contributed by atoms with Crippen LogP contribution >= 0.6 is 0 Å². The van der Waals surface area contributed by atoms with Crippen molar-refractivity contribution in [2.45, 2.75) is 31.0 Å². The predicted octanol–water partition coefficient (Wildman–Crippen LogP) is 3.66. The molecule has 148 valence electrons. The van der Waals surface area contributed by atoms with Gasteiger partial charge in [0, 0.05) is 25.9 Å². The third-order valence-corrected chi connectivity index (χ3v) is 5.57. The first-order valence-corrected chi connectivity index (χ1v) is 9.61. The zero-order valence-corrected chi connectivity index (χ0v) is 15.6. The smallest absolute Gasteiger partial charge is 0.230 e. The summed E-state index contributed by atoms with van der Waals surface area (Å²) in [7, 11) is 0. The highest BCUT2D eigenvalue weighted by Gasteiger charge is 2.41. The van der Waals surface area contributed by atoms with Crippen molar-refractivity contribution in [3.05, 3.63) is 71.3 Å². The minimum absolute atomic E-state index is 0.0104. The van der Waals surface area contributed by atoms with Crippen LogP contribution in [0.4, 0.5) is 8.78 Å². The molecule has 1 unspecified atom stereocenters. The fraction of sp³-hybridized carbons (Fsp3) is 0.409. The lowest BCUT2D eigenvalue weighted by atomic mass is 9.89. The van der Waals surface area contributed by atoms with E-state index in [-0.39, 0.29) is 17.5 Å². The number of amides is 1. The molecular weight excluding hydrogens is 364 g/mol. The number of nitrogens with zero attached hydrogens (tertiary/aromatic N) is 1. The summed E-state index contributed by atoms with van der Waals surface area (Å²) in [6, 6.07) is 12.2. The van der Waals surface area contributed by atoms with Gasteiger partial charge < -0.3 is 14.4 Å². The summed E-state index contributed by atoms with van der Waals surface area (Å²) in [4.78, 5) is 15.2. The van der Waals surface area contributed by atoms with Crippen LogP contribution in [0, 0.1) is 11.6 Å². The normalized spacial score (nSPS) is 19.7. The SMILES string of the molecule is O=C(C(Cc1ccc(F)cc1)c1ccc(F)cc1)N1CCC2(CC1)OCCO2. The molecule has 28 heavy (non-hydrogen) atoms. The number of hydrogen-bond donors (Lipinski definition) is 0. The third kappa shape index (κ3) is 4.08. The largest absolute Gasteiger partial charge is 0.347 e. The van der Waals surface area contributed by atoms with Crippen LogP contribution in [0.25, 0.3) is 0 Å². The van der Waals surface area contributed by atoms with Crippen LogP contribution in [0.15, 0.2) is 48.5 Å². The van der Waals surface area contributed by atoms with Crippen molar-refractivity contribution in [1.29, 1.82) is 0 Å². The Bertz CT molecular complexity index is 807. The lowest BCUT2D eigenvalue weighted by Gasteiger charge is -2.39. The molecule has 0 aliphatic carbocycles. The van der Waals surface area contributed by atoms with Gasteiger partial charge in [-0.05, 0) is 41.8 Å². The Hall–Kier alpha value is -2.31. The van der Waals surface area contributed by atoms with Gasteiger partial charge in [-0.1, -0.05) is 24.3 Å². The highest BCUT2D eigenvalue weighted by Crippen LogP contribution is 2.33. The highest BCUT2D eigenvalue weighted by molar-refractivity contribution is 5.84. The van der Waals surface area contributed by atoms with Crippen LogP contribution in [0.2, 0.25) is 0 Å². The van der Waals surface area contributed by atoms with Crippen molar-refractivity contribution < 1.29 is 23.0 Å². The number of hydrogen-bond acceptors (Lipinski definition) is 3. The van der Waals surface area contributed by atoms with E-state index in [1.54, 1.807) is 24.3 Å². The zero-order valence-electron chi connectivity index (χ0n) is 15.6. The van der Waals surface area contributed by atoms with Crippen molar-refractivity contribution >= 4 is 5.91 Å². The number of rotatable bonds is 4. The average Bonchev–Trinajstić information content (AvgIpc) is 3.16.